The van der Waals surface area contributed by atoms with Gasteiger partial charge in [0.1, 0.15) is 5.69 Å². The number of rotatable bonds is 7. The van der Waals surface area contributed by atoms with Gasteiger partial charge in [-0.1, -0.05) is 29.8 Å². The van der Waals surface area contributed by atoms with Gasteiger partial charge < -0.3 is 16.8 Å². The van der Waals surface area contributed by atoms with E-state index in [9.17, 15) is 10.1 Å². The maximum Gasteiger partial charge on any atom is 0.332 e. The second-order valence-electron chi connectivity index (χ2n) is 7.65. The number of aromatic nitrogens is 2. The third-order valence-corrected chi connectivity index (χ3v) is 5.48. The fourth-order valence-electron chi connectivity index (χ4n) is 3.89. The van der Waals surface area contributed by atoms with E-state index in [0.717, 1.165) is 36.8 Å². The lowest BCUT2D eigenvalue weighted by atomic mass is 9.80. The summed E-state index contributed by atoms with van der Waals surface area (Å²) >= 11 is 0. The fraction of sp³-hybridized carbons (Fsp3) is 0.500. The lowest BCUT2D eigenvalue weighted by Crippen LogP contribution is -2.23. The molecule has 0 unspecified atom stereocenters. The topological polar surface area (TPSA) is 133 Å². The van der Waals surface area contributed by atoms with Crippen LogP contribution in [-0.2, 0) is 13.0 Å². The van der Waals surface area contributed by atoms with Crippen molar-refractivity contribution < 1.29 is 4.92 Å². The largest absolute Gasteiger partial charge is 0.378 e. The highest BCUT2D eigenvalue weighted by Gasteiger charge is 2.27. The normalized spacial score (nSPS) is 19.4. The van der Waals surface area contributed by atoms with Crippen molar-refractivity contribution in [1.82, 2.24) is 9.97 Å². The molecule has 0 spiro atoms. The SMILES string of the molecule is Cc1cccc(CNc2nc(N)c([N+](=O)[O-])c(CC3CCC(CN)CC3)n2)c1. The molecule has 0 bridgehead atoms. The fourth-order valence-corrected chi connectivity index (χ4v) is 3.89. The Morgan fingerprint density at radius 2 is 1.93 bits per heavy atom. The number of anilines is 2. The van der Waals surface area contributed by atoms with E-state index in [1.54, 1.807) is 0 Å². The quantitative estimate of drug-likeness (QED) is 0.493. The number of benzene rings is 1. The molecule has 0 atom stereocenters. The van der Waals surface area contributed by atoms with Crippen molar-refractivity contribution in [3.8, 4) is 0 Å². The molecule has 1 aliphatic rings. The van der Waals surface area contributed by atoms with Crippen molar-refractivity contribution in [2.75, 3.05) is 17.6 Å². The van der Waals surface area contributed by atoms with E-state index in [-0.39, 0.29) is 11.5 Å². The first-order valence-electron chi connectivity index (χ1n) is 9.76. The summed E-state index contributed by atoms with van der Waals surface area (Å²) in [5.41, 5.74) is 14.2. The molecule has 1 fully saturated rings. The molecular formula is C20H28N6O2. The van der Waals surface area contributed by atoms with Crippen molar-refractivity contribution >= 4 is 17.5 Å². The van der Waals surface area contributed by atoms with Crippen LogP contribution in [0.4, 0.5) is 17.5 Å². The maximum atomic E-state index is 11.5. The van der Waals surface area contributed by atoms with Crippen LogP contribution < -0.4 is 16.8 Å². The molecule has 1 aromatic carbocycles. The molecular weight excluding hydrogens is 356 g/mol. The number of hydrogen-bond acceptors (Lipinski definition) is 7. The summed E-state index contributed by atoms with van der Waals surface area (Å²) < 4.78 is 0. The first-order chi connectivity index (χ1) is 13.5. The van der Waals surface area contributed by atoms with Gasteiger partial charge in [0.15, 0.2) is 0 Å². The molecule has 0 radical (unpaired) electrons. The Balaban J connectivity index is 1.76. The summed E-state index contributed by atoms with van der Waals surface area (Å²) in [6.07, 6.45) is 4.69. The first-order valence-corrected chi connectivity index (χ1v) is 9.76. The number of hydrogen-bond donors (Lipinski definition) is 3. The maximum absolute atomic E-state index is 11.5. The van der Waals surface area contributed by atoms with Crippen LogP contribution in [0.1, 0.15) is 42.5 Å². The van der Waals surface area contributed by atoms with Crippen LogP contribution in [-0.4, -0.2) is 21.4 Å². The molecule has 5 N–H and O–H groups in total. The van der Waals surface area contributed by atoms with Gasteiger partial charge in [-0.15, -0.1) is 0 Å². The Bertz CT molecular complexity index is 833. The monoisotopic (exact) mass is 384 g/mol. The van der Waals surface area contributed by atoms with E-state index in [1.807, 2.05) is 25.1 Å². The number of nitro groups is 1. The number of nitrogens with one attached hydrogen (secondary N) is 1. The minimum atomic E-state index is -0.472. The molecule has 8 heteroatoms. The summed E-state index contributed by atoms with van der Waals surface area (Å²) in [5, 5.41) is 14.7. The van der Waals surface area contributed by atoms with Gasteiger partial charge in [0, 0.05) is 6.54 Å². The summed E-state index contributed by atoms with van der Waals surface area (Å²) in [4.78, 5) is 19.6. The number of nitrogen functional groups attached to an aromatic ring is 1. The molecule has 1 aliphatic carbocycles. The molecule has 1 aromatic heterocycles. The highest BCUT2D eigenvalue weighted by atomic mass is 16.6. The minimum Gasteiger partial charge on any atom is -0.378 e. The van der Waals surface area contributed by atoms with Crippen LogP contribution in [0, 0.1) is 28.9 Å². The molecule has 150 valence electrons. The van der Waals surface area contributed by atoms with Gasteiger partial charge in [-0.05, 0) is 63.0 Å². The number of nitrogens with two attached hydrogens (primary N) is 2. The van der Waals surface area contributed by atoms with Crippen LogP contribution >= 0.6 is 0 Å². The van der Waals surface area contributed by atoms with Crippen molar-refractivity contribution in [3.05, 3.63) is 51.2 Å². The van der Waals surface area contributed by atoms with Crippen LogP contribution in [0.2, 0.25) is 0 Å². The smallest absolute Gasteiger partial charge is 0.332 e. The van der Waals surface area contributed by atoms with Crippen molar-refractivity contribution in [2.45, 2.75) is 45.6 Å². The van der Waals surface area contributed by atoms with Crippen LogP contribution in [0.5, 0.6) is 0 Å². The third kappa shape index (κ3) is 4.95. The second-order valence-corrected chi connectivity index (χ2v) is 7.65. The Labute approximate surface area is 164 Å². The molecule has 3 rings (SSSR count). The number of nitrogens with zero attached hydrogens (tertiary/aromatic N) is 3. The minimum absolute atomic E-state index is 0.0858. The van der Waals surface area contributed by atoms with Crippen LogP contribution in [0.3, 0.4) is 0 Å². The highest BCUT2D eigenvalue weighted by Crippen LogP contribution is 2.34. The van der Waals surface area contributed by atoms with Crippen molar-refractivity contribution in [2.24, 2.45) is 17.6 Å². The highest BCUT2D eigenvalue weighted by molar-refractivity contribution is 5.58. The van der Waals surface area contributed by atoms with E-state index in [2.05, 4.69) is 21.4 Å². The molecule has 28 heavy (non-hydrogen) atoms. The Kier molecular flexibility index (Phi) is 6.41. The van der Waals surface area contributed by atoms with E-state index in [4.69, 9.17) is 11.5 Å². The Morgan fingerprint density at radius 3 is 2.57 bits per heavy atom. The first kappa shape index (κ1) is 20.0. The second kappa shape index (κ2) is 8.97. The molecule has 8 nitrogen and oxygen atoms in total. The van der Waals surface area contributed by atoms with Gasteiger partial charge in [-0.3, -0.25) is 10.1 Å². The van der Waals surface area contributed by atoms with Gasteiger partial charge in [0.25, 0.3) is 0 Å². The zero-order chi connectivity index (χ0) is 20.1. The van der Waals surface area contributed by atoms with Gasteiger partial charge in [0.05, 0.1) is 4.92 Å². The summed E-state index contributed by atoms with van der Waals surface area (Å²) in [7, 11) is 0. The van der Waals surface area contributed by atoms with Gasteiger partial charge in [-0.2, -0.15) is 4.98 Å². The molecule has 0 aliphatic heterocycles. The molecule has 0 saturated heterocycles. The van der Waals surface area contributed by atoms with Crippen LogP contribution in [0.25, 0.3) is 0 Å². The Hall–Kier alpha value is -2.74. The standard InChI is InChI=1S/C20H28N6O2/c1-13-3-2-4-16(9-13)12-23-20-24-17(18(26(27)28)19(22)25-20)10-14-5-7-15(11-21)8-6-14/h2-4,9,14-15H,5-8,10-12,21H2,1H3,(H3,22,23,24,25). The van der Waals surface area contributed by atoms with Gasteiger partial charge in [0.2, 0.25) is 11.8 Å². The summed E-state index contributed by atoms with van der Waals surface area (Å²) in [5.74, 6) is 1.17. The van der Waals surface area contributed by atoms with Crippen LogP contribution in [0.15, 0.2) is 24.3 Å². The average Bonchev–Trinajstić information content (AvgIpc) is 2.66. The van der Waals surface area contributed by atoms with E-state index >= 15 is 0 Å². The lowest BCUT2D eigenvalue weighted by Gasteiger charge is -2.27. The molecule has 2 aromatic rings. The zero-order valence-corrected chi connectivity index (χ0v) is 16.2. The molecule has 0 amide bonds. The third-order valence-electron chi connectivity index (χ3n) is 5.48. The van der Waals surface area contributed by atoms with Gasteiger partial charge >= 0.3 is 5.69 Å². The number of aryl methyl sites for hydroxylation is 1. The predicted molar refractivity (Wildman–Crippen MR) is 110 cm³/mol. The molecule has 1 saturated carbocycles. The zero-order valence-electron chi connectivity index (χ0n) is 16.2. The lowest BCUT2D eigenvalue weighted by molar-refractivity contribution is -0.385. The van der Waals surface area contributed by atoms with Gasteiger partial charge in [-0.25, -0.2) is 4.98 Å². The Morgan fingerprint density at radius 1 is 1.21 bits per heavy atom. The average molecular weight is 384 g/mol. The van der Waals surface area contributed by atoms with Crippen molar-refractivity contribution in [3.63, 3.8) is 0 Å². The van der Waals surface area contributed by atoms with E-state index < -0.39 is 4.92 Å². The van der Waals surface area contributed by atoms with Crippen molar-refractivity contribution in [1.29, 1.82) is 0 Å². The summed E-state index contributed by atoms with van der Waals surface area (Å²) in [6.45, 7) is 3.27. The summed E-state index contributed by atoms with van der Waals surface area (Å²) in [6, 6.07) is 8.09. The predicted octanol–water partition coefficient (Wildman–Crippen LogP) is 3.20. The molecule has 1 heterocycles. The van der Waals surface area contributed by atoms with E-state index in [0.29, 0.717) is 43.0 Å². The van der Waals surface area contributed by atoms with E-state index in [1.165, 1.54) is 0 Å².